The van der Waals surface area contributed by atoms with Gasteiger partial charge in [0, 0.05) is 17.5 Å². The molecular formula is C14H11Br2ClIN. The summed E-state index contributed by atoms with van der Waals surface area (Å²) in [7, 11) is 1.95. The van der Waals surface area contributed by atoms with Crippen LogP contribution in [0.25, 0.3) is 0 Å². The predicted octanol–water partition coefficient (Wildman–Crippen LogP) is 5.78. The normalized spacial score (nSPS) is 12.5. The van der Waals surface area contributed by atoms with E-state index in [2.05, 4.69) is 65.8 Å². The van der Waals surface area contributed by atoms with Gasteiger partial charge < -0.3 is 5.32 Å². The second-order valence-corrected chi connectivity index (χ2v) is 7.42. The number of rotatable bonds is 3. The molecule has 1 N–H and O–H groups in total. The molecule has 0 aliphatic rings. The van der Waals surface area contributed by atoms with Crippen molar-refractivity contribution in [3.05, 3.63) is 65.1 Å². The van der Waals surface area contributed by atoms with Crippen LogP contribution in [0.5, 0.6) is 0 Å². The van der Waals surface area contributed by atoms with Crippen LogP contribution < -0.4 is 5.32 Å². The van der Waals surface area contributed by atoms with Gasteiger partial charge in [0.05, 0.1) is 6.04 Å². The molecule has 5 heteroatoms. The molecule has 0 aromatic heterocycles. The van der Waals surface area contributed by atoms with Crippen LogP contribution in [-0.4, -0.2) is 7.05 Å². The number of nitrogens with one attached hydrogen (secondary N) is 1. The topological polar surface area (TPSA) is 12.0 Å². The van der Waals surface area contributed by atoms with Gasteiger partial charge in [-0.3, -0.25) is 0 Å². The van der Waals surface area contributed by atoms with Gasteiger partial charge in [-0.1, -0.05) is 43.5 Å². The first-order valence-corrected chi connectivity index (χ1v) is 8.64. The van der Waals surface area contributed by atoms with Gasteiger partial charge in [-0.25, -0.2) is 0 Å². The third-order valence-corrected chi connectivity index (χ3v) is 5.26. The molecule has 0 saturated heterocycles. The Bertz CT molecular complexity index is 552. The molecular weight excluding hydrogens is 504 g/mol. The van der Waals surface area contributed by atoms with Crippen molar-refractivity contribution in [1.29, 1.82) is 0 Å². The average Bonchev–Trinajstić information content (AvgIpc) is 2.38. The van der Waals surface area contributed by atoms with E-state index >= 15 is 0 Å². The molecule has 19 heavy (non-hydrogen) atoms. The van der Waals surface area contributed by atoms with Gasteiger partial charge in [0.1, 0.15) is 0 Å². The van der Waals surface area contributed by atoms with Crippen molar-refractivity contribution in [1.82, 2.24) is 5.32 Å². The second-order valence-electron chi connectivity index (χ2n) is 4.05. The van der Waals surface area contributed by atoms with E-state index < -0.39 is 0 Å². The molecule has 2 aromatic rings. The van der Waals surface area contributed by atoms with Gasteiger partial charge in [-0.2, -0.15) is 0 Å². The predicted molar refractivity (Wildman–Crippen MR) is 96.9 cm³/mol. The number of hydrogen-bond donors (Lipinski definition) is 1. The molecule has 2 aromatic carbocycles. The van der Waals surface area contributed by atoms with Crippen molar-refractivity contribution in [2.24, 2.45) is 0 Å². The largest absolute Gasteiger partial charge is 0.309 e. The third-order valence-electron chi connectivity index (χ3n) is 2.83. The zero-order valence-corrected chi connectivity index (χ0v) is 16.1. The number of benzene rings is 2. The molecule has 0 fully saturated rings. The van der Waals surface area contributed by atoms with Crippen LogP contribution in [0.3, 0.4) is 0 Å². The summed E-state index contributed by atoms with van der Waals surface area (Å²) in [5.41, 5.74) is 2.35. The van der Waals surface area contributed by atoms with Crippen LogP contribution in [-0.2, 0) is 0 Å². The second kappa shape index (κ2) is 6.89. The Morgan fingerprint density at radius 2 is 1.84 bits per heavy atom. The lowest BCUT2D eigenvalue weighted by atomic mass is 9.99. The minimum atomic E-state index is 0.0949. The monoisotopic (exact) mass is 513 g/mol. The summed E-state index contributed by atoms with van der Waals surface area (Å²) in [5.74, 6) is 0. The Morgan fingerprint density at radius 1 is 1.11 bits per heavy atom. The summed E-state index contributed by atoms with van der Waals surface area (Å²) < 4.78 is 3.32. The molecule has 0 radical (unpaired) electrons. The van der Waals surface area contributed by atoms with E-state index in [9.17, 15) is 0 Å². The molecule has 100 valence electrons. The molecule has 0 spiro atoms. The minimum absolute atomic E-state index is 0.0949. The molecule has 1 unspecified atom stereocenters. The van der Waals surface area contributed by atoms with Crippen LogP contribution in [0.15, 0.2) is 45.3 Å². The maximum absolute atomic E-state index is 6.12. The summed E-state index contributed by atoms with van der Waals surface area (Å²) in [5, 5.41) is 4.11. The van der Waals surface area contributed by atoms with Gasteiger partial charge in [0.2, 0.25) is 0 Å². The molecule has 0 saturated carbocycles. The Hall–Kier alpha value is 0.380. The van der Waals surface area contributed by atoms with Gasteiger partial charge in [0.15, 0.2) is 0 Å². The van der Waals surface area contributed by atoms with E-state index in [0.717, 1.165) is 14.0 Å². The van der Waals surface area contributed by atoms with E-state index in [4.69, 9.17) is 11.6 Å². The molecule has 0 heterocycles. The lowest BCUT2D eigenvalue weighted by Gasteiger charge is -2.20. The van der Waals surface area contributed by atoms with Crippen molar-refractivity contribution in [2.75, 3.05) is 7.05 Å². The van der Waals surface area contributed by atoms with Crippen LogP contribution >= 0.6 is 66.1 Å². The Balaban J connectivity index is 2.55. The fraction of sp³-hybridized carbons (Fsp3) is 0.143. The SMILES string of the molecule is CNC(c1cc(Br)ccc1Br)c1cc(Cl)ccc1I. The highest BCUT2D eigenvalue weighted by molar-refractivity contribution is 14.1. The van der Waals surface area contributed by atoms with Crippen molar-refractivity contribution in [3.63, 3.8) is 0 Å². The van der Waals surface area contributed by atoms with Gasteiger partial charge >= 0.3 is 0 Å². The highest BCUT2D eigenvalue weighted by Crippen LogP contribution is 2.33. The standard InChI is InChI=1S/C14H11Br2ClIN/c1-19-14(10-6-8(15)2-4-12(10)16)11-7-9(17)3-5-13(11)18/h2-7,14,19H,1H3. The zero-order valence-electron chi connectivity index (χ0n) is 10.1. The van der Waals surface area contributed by atoms with Crippen molar-refractivity contribution < 1.29 is 0 Å². The summed E-state index contributed by atoms with van der Waals surface area (Å²) in [6, 6.07) is 12.2. The molecule has 0 aliphatic heterocycles. The van der Waals surface area contributed by atoms with E-state index in [1.165, 1.54) is 14.7 Å². The summed E-state index contributed by atoms with van der Waals surface area (Å²) in [6.07, 6.45) is 0. The zero-order chi connectivity index (χ0) is 14.0. The summed E-state index contributed by atoms with van der Waals surface area (Å²) >= 11 is 15.6. The summed E-state index contributed by atoms with van der Waals surface area (Å²) in [4.78, 5) is 0. The van der Waals surface area contributed by atoms with Crippen LogP contribution in [0.4, 0.5) is 0 Å². The maximum atomic E-state index is 6.12. The van der Waals surface area contributed by atoms with E-state index in [1.807, 2.05) is 37.4 Å². The van der Waals surface area contributed by atoms with Gasteiger partial charge in [-0.05, 0) is 77.2 Å². The van der Waals surface area contributed by atoms with E-state index in [0.29, 0.717) is 0 Å². The van der Waals surface area contributed by atoms with E-state index in [-0.39, 0.29) is 6.04 Å². The van der Waals surface area contributed by atoms with Crippen molar-refractivity contribution >= 4 is 66.1 Å². The molecule has 0 bridgehead atoms. The highest BCUT2D eigenvalue weighted by Gasteiger charge is 2.18. The Kier molecular flexibility index (Phi) is 5.72. The minimum Gasteiger partial charge on any atom is -0.309 e. The molecule has 1 atom stereocenters. The first-order chi connectivity index (χ1) is 9.02. The Labute approximate surface area is 148 Å². The fourth-order valence-corrected chi connectivity index (χ4v) is 3.63. The number of hydrogen-bond acceptors (Lipinski definition) is 1. The lowest BCUT2D eigenvalue weighted by molar-refractivity contribution is 0.685. The highest BCUT2D eigenvalue weighted by atomic mass is 127. The molecule has 0 amide bonds. The average molecular weight is 515 g/mol. The fourth-order valence-electron chi connectivity index (χ4n) is 1.95. The third kappa shape index (κ3) is 3.73. The maximum Gasteiger partial charge on any atom is 0.0596 e. The first kappa shape index (κ1) is 15.8. The lowest BCUT2D eigenvalue weighted by Crippen LogP contribution is -2.19. The quantitative estimate of drug-likeness (QED) is 0.512. The van der Waals surface area contributed by atoms with Gasteiger partial charge in [-0.15, -0.1) is 0 Å². The van der Waals surface area contributed by atoms with Crippen LogP contribution in [0.1, 0.15) is 17.2 Å². The number of halogens is 4. The summed E-state index contributed by atoms with van der Waals surface area (Å²) in [6.45, 7) is 0. The molecule has 1 nitrogen and oxygen atoms in total. The molecule has 0 aliphatic carbocycles. The van der Waals surface area contributed by atoms with Crippen LogP contribution in [0, 0.1) is 3.57 Å². The molecule has 2 rings (SSSR count). The smallest absolute Gasteiger partial charge is 0.0596 e. The van der Waals surface area contributed by atoms with E-state index in [1.54, 1.807) is 0 Å². The van der Waals surface area contributed by atoms with Crippen LogP contribution in [0.2, 0.25) is 5.02 Å². The first-order valence-electron chi connectivity index (χ1n) is 5.60. The Morgan fingerprint density at radius 3 is 2.53 bits per heavy atom. The van der Waals surface area contributed by atoms with Crippen molar-refractivity contribution in [2.45, 2.75) is 6.04 Å². The van der Waals surface area contributed by atoms with Crippen molar-refractivity contribution in [3.8, 4) is 0 Å². The van der Waals surface area contributed by atoms with Gasteiger partial charge in [0.25, 0.3) is 0 Å².